The van der Waals surface area contributed by atoms with Crippen molar-refractivity contribution >= 4 is 11.9 Å². The van der Waals surface area contributed by atoms with Gasteiger partial charge in [-0.3, -0.25) is 4.79 Å². The molecule has 7 heteroatoms. The molecule has 0 aromatic heterocycles. The lowest BCUT2D eigenvalue weighted by Crippen LogP contribution is -2.45. The first-order valence-corrected chi connectivity index (χ1v) is 5.83. The van der Waals surface area contributed by atoms with Crippen LogP contribution in [0.4, 0.5) is 4.79 Å². The van der Waals surface area contributed by atoms with Crippen LogP contribution in [0, 0.1) is 0 Å². The maximum atomic E-state index is 11.4. The maximum absolute atomic E-state index is 11.4. The van der Waals surface area contributed by atoms with Crippen molar-refractivity contribution in [1.29, 1.82) is 0 Å². The zero-order chi connectivity index (χ0) is 13.7. The number of urea groups is 1. The van der Waals surface area contributed by atoms with E-state index in [1.54, 1.807) is 6.07 Å². The molecule has 3 amide bonds. The van der Waals surface area contributed by atoms with Gasteiger partial charge < -0.3 is 25.8 Å². The molecule has 0 saturated carbocycles. The van der Waals surface area contributed by atoms with Crippen molar-refractivity contribution in [2.75, 3.05) is 19.7 Å². The van der Waals surface area contributed by atoms with Crippen LogP contribution in [0.3, 0.4) is 0 Å². The van der Waals surface area contributed by atoms with Gasteiger partial charge in [0, 0.05) is 0 Å². The number of rotatable bonds is 4. The number of amides is 3. The van der Waals surface area contributed by atoms with Gasteiger partial charge in [-0.1, -0.05) is 12.1 Å². The summed E-state index contributed by atoms with van der Waals surface area (Å²) in [5.74, 6) is 1.02. The second-order valence-corrected chi connectivity index (χ2v) is 4.02. The average molecular weight is 265 g/mol. The Labute approximate surface area is 110 Å². The van der Waals surface area contributed by atoms with Crippen molar-refractivity contribution in [1.82, 2.24) is 10.6 Å². The normalized spacial score (nSPS) is 16.5. The number of hydrogen-bond acceptors (Lipinski definition) is 4. The van der Waals surface area contributed by atoms with Gasteiger partial charge in [-0.25, -0.2) is 4.79 Å². The molecule has 0 aliphatic carbocycles. The van der Waals surface area contributed by atoms with Crippen LogP contribution < -0.4 is 25.8 Å². The number of primary amides is 1. The molecular formula is C12H15N3O4. The molecule has 1 aliphatic heterocycles. The summed E-state index contributed by atoms with van der Waals surface area (Å²) in [6.45, 7) is 0.508. The van der Waals surface area contributed by atoms with Gasteiger partial charge in [0.15, 0.2) is 11.5 Å². The molecule has 1 aromatic rings. The zero-order valence-corrected chi connectivity index (χ0v) is 10.2. The molecule has 1 atom stereocenters. The van der Waals surface area contributed by atoms with Crippen molar-refractivity contribution in [2.45, 2.75) is 6.10 Å². The number of nitrogens with two attached hydrogens (primary N) is 1. The molecule has 0 fully saturated rings. The van der Waals surface area contributed by atoms with Gasteiger partial charge in [0.25, 0.3) is 0 Å². The third kappa shape index (κ3) is 3.77. The van der Waals surface area contributed by atoms with Crippen LogP contribution in [0.25, 0.3) is 0 Å². The third-order valence-corrected chi connectivity index (χ3v) is 2.52. The summed E-state index contributed by atoms with van der Waals surface area (Å²) in [6.07, 6.45) is -0.257. The van der Waals surface area contributed by atoms with E-state index in [9.17, 15) is 9.59 Å². The molecule has 1 aliphatic rings. The summed E-state index contributed by atoms with van der Waals surface area (Å²) in [5.41, 5.74) is 4.86. The molecule has 7 nitrogen and oxygen atoms in total. The minimum Gasteiger partial charge on any atom is -0.486 e. The van der Waals surface area contributed by atoms with Crippen molar-refractivity contribution in [3.8, 4) is 11.5 Å². The summed E-state index contributed by atoms with van der Waals surface area (Å²) < 4.78 is 11.2. The van der Waals surface area contributed by atoms with Crippen LogP contribution in [-0.2, 0) is 4.79 Å². The number of ether oxygens (including phenoxy) is 2. The van der Waals surface area contributed by atoms with E-state index >= 15 is 0 Å². The Balaban J connectivity index is 1.76. The Morgan fingerprint density at radius 3 is 2.74 bits per heavy atom. The van der Waals surface area contributed by atoms with Crippen LogP contribution in [0.2, 0.25) is 0 Å². The molecule has 0 spiro atoms. The predicted molar refractivity (Wildman–Crippen MR) is 66.9 cm³/mol. The summed E-state index contributed by atoms with van der Waals surface area (Å²) in [6, 6.07) is 6.60. The fourth-order valence-electron chi connectivity index (χ4n) is 1.62. The standard InChI is InChI=1S/C12H15N3O4/c13-12(17)15-6-11(16)14-5-8-7-18-9-3-1-2-4-10(9)19-8/h1-4,8H,5-7H2,(H,14,16)(H3,13,15,17)/t8-/m1/s1. The Bertz CT molecular complexity index is 478. The molecule has 0 saturated heterocycles. The summed E-state index contributed by atoms with van der Waals surface area (Å²) in [7, 11) is 0. The zero-order valence-electron chi connectivity index (χ0n) is 10.2. The number of carbonyl (C=O) groups is 2. The number of carbonyl (C=O) groups excluding carboxylic acids is 2. The average Bonchev–Trinajstić information content (AvgIpc) is 2.42. The summed E-state index contributed by atoms with van der Waals surface area (Å²) in [4.78, 5) is 21.8. The van der Waals surface area contributed by atoms with E-state index < -0.39 is 6.03 Å². The third-order valence-electron chi connectivity index (χ3n) is 2.52. The van der Waals surface area contributed by atoms with Crippen molar-refractivity contribution in [3.63, 3.8) is 0 Å². The highest BCUT2D eigenvalue weighted by molar-refractivity contribution is 5.83. The van der Waals surface area contributed by atoms with E-state index in [1.807, 2.05) is 18.2 Å². The monoisotopic (exact) mass is 265 g/mol. The van der Waals surface area contributed by atoms with E-state index in [2.05, 4.69) is 10.6 Å². The van der Waals surface area contributed by atoms with Gasteiger partial charge in [0.05, 0.1) is 13.1 Å². The van der Waals surface area contributed by atoms with Gasteiger partial charge in [-0.05, 0) is 12.1 Å². The number of benzene rings is 1. The minimum atomic E-state index is -0.735. The Morgan fingerprint density at radius 2 is 2.00 bits per heavy atom. The lowest BCUT2D eigenvalue weighted by molar-refractivity contribution is -0.120. The van der Waals surface area contributed by atoms with Crippen molar-refractivity contribution in [3.05, 3.63) is 24.3 Å². The first-order valence-electron chi connectivity index (χ1n) is 5.83. The number of nitrogens with one attached hydrogen (secondary N) is 2. The van der Waals surface area contributed by atoms with E-state index in [1.165, 1.54) is 0 Å². The van der Waals surface area contributed by atoms with Crippen molar-refractivity contribution < 1.29 is 19.1 Å². The highest BCUT2D eigenvalue weighted by atomic mass is 16.6. The highest BCUT2D eigenvalue weighted by Gasteiger charge is 2.20. The molecule has 19 heavy (non-hydrogen) atoms. The number of para-hydroxylation sites is 2. The topological polar surface area (TPSA) is 103 Å². The fraction of sp³-hybridized carbons (Fsp3) is 0.333. The van der Waals surface area contributed by atoms with Crippen LogP contribution in [0.1, 0.15) is 0 Å². The maximum Gasteiger partial charge on any atom is 0.312 e. The molecule has 1 heterocycles. The Hall–Kier alpha value is -2.44. The van der Waals surface area contributed by atoms with Gasteiger partial charge in [0.2, 0.25) is 5.91 Å². The van der Waals surface area contributed by atoms with E-state index in [0.29, 0.717) is 24.7 Å². The second-order valence-electron chi connectivity index (χ2n) is 4.02. The molecule has 0 radical (unpaired) electrons. The first kappa shape index (κ1) is 13.0. The van der Waals surface area contributed by atoms with E-state index in [4.69, 9.17) is 15.2 Å². The summed E-state index contributed by atoms with van der Waals surface area (Å²) in [5, 5.41) is 4.83. The quantitative estimate of drug-likeness (QED) is 0.690. The molecular weight excluding hydrogens is 250 g/mol. The first-order chi connectivity index (χ1) is 9.15. The van der Waals surface area contributed by atoms with Gasteiger partial charge in [-0.15, -0.1) is 0 Å². The van der Waals surface area contributed by atoms with Gasteiger partial charge in [-0.2, -0.15) is 0 Å². The number of fused-ring (bicyclic) bond motifs is 1. The second kappa shape index (κ2) is 5.94. The summed E-state index contributed by atoms with van der Waals surface area (Å²) >= 11 is 0. The fourth-order valence-corrected chi connectivity index (χ4v) is 1.62. The van der Waals surface area contributed by atoms with Gasteiger partial charge in [0.1, 0.15) is 12.7 Å². The van der Waals surface area contributed by atoms with E-state index in [0.717, 1.165) is 0 Å². The van der Waals surface area contributed by atoms with Crippen LogP contribution in [0.15, 0.2) is 24.3 Å². The van der Waals surface area contributed by atoms with Gasteiger partial charge >= 0.3 is 6.03 Å². The SMILES string of the molecule is NC(=O)NCC(=O)NC[C@@H]1COc2ccccc2O1. The molecule has 4 N–H and O–H groups in total. The molecule has 0 unspecified atom stereocenters. The largest absolute Gasteiger partial charge is 0.486 e. The Kier molecular flexibility index (Phi) is 4.07. The number of hydrogen-bond donors (Lipinski definition) is 3. The van der Waals surface area contributed by atoms with Crippen molar-refractivity contribution in [2.24, 2.45) is 5.73 Å². The van der Waals surface area contributed by atoms with E-state index in [-0.39, 0.29) is 18.6 Å². The van der Waals surface area contributed by atoms with Crippen LogP contribution in [-0.4, -0.2) is 37.7 Å². The highest BCUT2D eigenvalue weighted by Crippen LogP contribution is 2.30. The molecule has 2 rings (SSSR count). The lowest BCUT2D eigenvalue weighted by Gasteiger charge is -2.26. The molecule has 102 valence electrons. The van der Waals surface area contributed by atoms with Crippen LogP contribution >= 0.6 is 0 Å². The minimum absolute atomic E-state index is 0.153. The Morgan fingerprint density at radius 1 is 1.26 bits per heavy atom. The predicted octanol–water partition coefficient (Wildman–Crippen LogP) is -0.389. The van der Waals surface area contributed by atoms with Crippen LogP contribution in [0.5, 0.6) is 11.5 Å². The smallest absolute Gasteiger partial charge is 0.312 e. The lowest BCUT2D eigenvalue weighted by atomic mass is 10.2. The molecule has 1 aromatic carbocycles. The molecule has 0 bridgehead atoms.